The molecular weight excluding hydrogens is 400 g/mol. The van der Waals surface area contributed by atoms with Crippen molar-refractivity contribution >= 4 is 39.9 Å². The van der Waals surface area contributed by atoms with Crippen molar-refractivity contribution in [2.75, 3.05) is 12.3 Å². The fourth-order valence-electron chi connectivity index (χ4n) is 3.96. The average Bonchev–Trinajstić information content (AvgIpc) is 3.35. The molecule has 1 aliphatic heterocycles. The number of aromatic nitrogens is 3. The van der Waals surface area contributed by atoms with Gasteiger partial charge in [0.2, 0.25) is 5.91 Å². The van der Waals surface area contributed by atoms with E-state index in [1.165, 1.54) is 22.7 Å². The predicted octanol–water partition coefficient (Wildman–Crippen LogP) is 4.59. The van der Waals surface area contributed by atoms with Crippen LogP contribution in [-0.2, 0) is 11.2 Å². The maximum atomic E-state index is 13.2. The summed E-state index contributed by atoms with van der Waals surface area (Å²) in [6.07, 6.45) is 2.64. The molecule has 4 heterocycles. The van der Waals surface area contributed by atoms with Crippen molar-refractivity contribution in [3.63, 3.8) is 0 Å². The van der Waals surface area contributed by atoms with Gasteiger partial charge in [0.25, 0.3) is 0 Å². The summed E-state index contributed by atoms with van der Waals surface area (Å²) in [6.45, 7) is 2.66. The molecule has 0 saturated heterocycles. The molecule has 1 atom stereocenters. The van der Waals surface area contributed by atoms with Gasteiger partial charge < -0.3 is 9.88 Å². The van der Waals surface area contributed by atoms with E-state index in [1.807, 2.05) is 41.5 Å². The Labute approximate surface area is 177 Å². The molecule has 1 N–H and O–H groups in total. The van der Waals surface area contributed by atoms with E-state index in [4.69, 9.17) is 0 Å². The molecule has 1 amide bonds. The number of thioether (sulfide) groups is 1. The average molecular weight is 421 g/mol. The van der Waals surface area contributed by atoms with Crippen LogP contribution in [-0.4, -0.2) is 38.1 Å². The van der Waals surface area contributed by atoms with E-state index in [1.54, 1.807) is 17.5 Å². The first-order valence-corrected chi connectivity index (χ1v) is 11.4. The highest BCUT2D eigenvalue weighted by molar-refractivity contribution is 8.01. The van der Waals surface area contributed by atoms with Gasteiger partial charge in [-0.2, -0.15) is 0 Å². The number of aromatic amines is 1. The second-order valence-corrected chi connectivity index (χ2v) is 9.18. The molecule has 5 rings (SSSR count). The van der Waals surface area contributed by atoms with Crippen molar-refractivity contribution < 1.29 is 4.79 Å². The summed E-state index contributed by atoms with van der Waals surface area (Å²) in [6, 6.07) is 14.0. The van der Waals surface area contributed by atoms with E-state index in [-0.39, 0.29) is 11.9 Å². The monoisotopic (exact) mass is 420 g/mol. The number of nitrogens with one attached hydrogen (secondary N) is 1. The van der Waals surface area contributed by atoms with Crippen molar-refractivity contribution in [1.82, 2.24) is 19.9 Å². The van der Waals surface area contributed by atoms with Crippen LogP contribution in [0.15, 0.2) is 58.4 Å². The molecule has 5 nitrogen and oxygen atoms in total. The lowest BCUT2D eigenvalue weighted by molar-refractivity contribution is -0.130. The first kappa shape index (κ1) is 18.4. The van der Waals surface area contributed by atoms with E-state index in [9.17, 15) is 4.79 Å². The Morgan fingerprint density at radius 3 is 2.93 bits per heavy atom. The third kappa shape index (κ3) is 3.45. The number of rotatable bonds is 4. The van der Waals surface area contributed by atoms with E-state index in [2.05, 4.69) is 33.2 Å². The maximum absolute atomic E-state index is 13.2. The molecule has 0 radical (unpaired) electrons. The highest BCUT2D eigenvalue weighted by Gasteiger charge is 2.35. The van der Waals surface area contributed by atoms with Gasteiger partial charge in [0.1, 0.15) is 6.04 Å². The van der Waals surface area contributed by atoms with Crippen molar-refractivity contribution in [2.24, 2.45) is 0 Å². The van der Waals surface area contributed by atoms with Gasteiger partial charge in [0.15, 0.2) is 4.34 Å². The second kappa shape index (κ2) is 7.65. The summed E-state index contributed by atoms with van der Waals surface area (Å²) in [5.74, 6) is 0.495. The number of hydrogen-bond donors (Lipinski definition) is 1. The Morgan fingerprint density at radius 2 is 2.14 bits per heavy atom. The summed E-state index contributed by atoms with van der Waals surface area (Å²) in [4.78, 5) is 27.8. The standard InChI is InChI=1S/C22H20N4OS2/c1-14-12-28-22(24-14)29-13-19(27)26-11-9-16-15-6-2-3-7-17(15)25-20(16)21(26)18-8-4-5-10-23-18/h2-8,10,12,21,25H,9,11,13H2,1H3/t21-/m0/s1. The van der Waals surface area contributed by atoms with Gasteiger partial charge in [-0.25, -0.2) is 4.98 Å². The lowest BCUT2D eigenvalue weighted by atomic mass is 9.95. The molecule has 0 unspecified atom stereocenters. The number of carbonyl (C=O) groups is 1. The Bertz CT molecular complexity index is 1170. The molecule has 0 spiro atoms. The molecule has 29 heavy (non-hydrogen) atoms. The molecule has 0 saturated carbocycles. The molecule has 7 heteroatoms. The largest absolute Gasteiger partial charge is 0.356 e. The number of amides is 1. The number of benzene rings is 1. The minimum atomic E-state index is -0.196. The summed E-state index contributed by atoms with van der Waals surface area (Å²) in [5, 5.41) is 3.25. The van der Waals surface area contributed by atoms with Gasteiger partial charge in [0, 0.05) is 40.4 Å². The smallest absolute Gasteiger partial charge is 0.233 e. The number of H-pyrrole nitrogens is 1. The number of aryl methyl sites for hydroxylation is 1. The molecule has 146 valence electrons. The van der Waals surface area contributed by atoms with Crippen LogP contribution in [0.2, 0.25) is 0 Å². The predicted molar refractivity (Wildman–Crippen MR) is 117 cm³/mol. The number of nitrogens with zero attached hydrogens (tertiary/aromatic N) is 3. The van der Waals surface area contributed by atoms with Crippen LogP contribution in [0.1, 0.15) is 28.7 Å². The first-order valence-electron chi connectivity index (χ1n) is 9.55. The number of hydrogen-bond acceptors (Lipinski definition) is 5. The molecule has 4 aromatic rings. The first-order chi connectivity index (χ1) is 14.2. The molecule has 0 bridgehead atoms. The van der Waals surface area contributed by atoms with Crippen LogP contribution in [0.4, 0.5) is 0 Å². The van der Waals surface area contributed by atoms with Crippen LogP contribution in [0.25, 0.3) is 10.9 Å². The third-order valence-electron chi connectivity index (χ3n) is 5.24. The van der Waals surface area contributed by atoms with Gasteiger partial charge in [-0.1, -0.05) is 36.0 Å². The van der Waals surface area contributed by atoms with Crippen LogP contribution in [0, 0.1) is 6.92 Å². The van der Waals surface area contributed by atoms with Gasteiger partial charge >= 0.3 is 0 Å². The lowest BCUT2D eigenvalue weighted by Gasteiger charge is -2.35. The molecule has 3 aromatic heterocycles. The minimum absolute atomic E-state index is 0.114. The van der Waals surface area contributed by atoms with Crippen molar-refractivity contribution in [2.45, 2.75) is 23.7 Å². The Hall–Kier alpha value is -2.64. The second-order valence-electron chi connectivity index (χ2n) is 7.10. The van der Waals surface area contributed by atoms with Gasteiger partial charge in [-0.05, 0) is 37.1 Å². The Kier molecular flexibility index (Phi) is 4.85. The molecular formula is C22H20N4OS2. The topological polar surface area (TPSA) is 61.9 Å². The van der Waals surface area contributed by atoms with Gasteiger partial charge in [-0.3, -0.25) is 9.78 Å². The highest BCUT2D eigenvalue weighted by atomic mass is 32.2. The Balaban J connectivity index is 1.50. The zero-order valence-electron chi connectivity index (χ0n) is 16.0. The zero-order valence-corrected chi connectivity index (χ0v) is 17.6. The summed E-state index contributed by atoms with van der Waals surface area (Å²) < 4.78 is 0.938. The van der Waals surface area contributed by atoms with Crippen LogP contribution < -0.4 is 0 Å². The molecule has 0 aliphatic carbocycles. The van der Waals surface area contributed by atoms with E-state index < -0.39 is 0 Å². The molecule has 1 aromatic carbocycles. The fraction of sp³-hybridized carbons (Fsp3) is 0.227. The number of pyridine rings is 1. The lowest BCUT2D eigenvalue weighted by Crippen LogP contribution is -2.41. The Morgan fingerprint density at radius 1 is 1.28 bits per heavy atom. The maximum Gasteiger partial charge on any atom is 0.233 e. The van der Waals surface area contributed by atoms with Crippen molar-refractivity contribution in [3.05, 3.63) is 76.7 Å². The number of thiazole rings is 1. The van der Waals surface area contributed by atoms with E-state index >= 15 is 0 Å². The molecule has 1 aliphatic rings. The van der Waals surface area contributed by atoms with Gasteiger partial charge in [0.05, 0.1) is 11.4 Å². The van der Waals surface area contributed by atoms with Crippen LogP contribution in [0.5, 0.6) is 0 Å². The normalized spacial score (nSPS) is 16.2. The van der Waals surface area contributed by atoms with Crippen molar-refractivity contribution in [3.8, 4) is 0 Å². The SMILES string of the molecule is Cc1csc(SCC(=O)N2CCc3c([nH]c4ccccc34)[C@@H]2c2ccccn2)n1. The highest BCUT2D eigenvalue weighted by Crippen LogP contribution is 2.38. The van der Waals surface area contributed by atoms with Gasteiger partial charge in [-0.15, -0.1) is 11.3 Å². The fourth-order valence-corrected chi connectivity index (χ4v) is 5.70. The quantitative estimate of drug-likeness (QED) is 0.491. The van der Waals surface area contributed by atoms with Crippen LogP contribution in [0.3, 0.4) is 0 Å². The summed E-state index contributed by atoms with van der Waals surface area (Å²) in [7, 11) is 0. The zero-order chi connectivity index (χ0) is 19.8. The van der Waals surface area contributed by atoms with Crippen molar-refractivity contribution in [1.29, 1.82) is 0 Å². The summed E-state index contributed by atoms with van der Waals surface area (Å²) >= 11 is 3.10. The molecule has 0 fully saturated rings. The number of carbonyl (C=O) groups excluding carboxylic acids is 1. The third-order valence-corrected chi connectivity index (χ3v) is 7.36. The number of fused-ring (bicyclic) bond motifs is 3. The van der Waals surface area contributed by atoms with E-state index in [0.717, 1.165) is 33.4 Å². The minimum Gasteiger partial charge on any atom is -0.356 e. The number of para-hydroxylation sites is 1. The van der Waals surface area contributed by atoms with E-state index in [0.29, 0.717) is 12.3 Å². The summed E-state index contributed by atoms with van der Waals surface area (Å²) in [5.41, 5.74) is 5.38. The van der Waals surface area contributed by atoms with Crippen LogP contribution >= 0.6 is 23.1 Å².